The number of benzene rings is 8. The average molecular weight is 827 g/mol. The van der Waals surface area contributed by atoms with Crippen molar-refractivity contribution >= 4 is 63.0 Å². The first kappa shape index (κ1) is 36.2. The van der Waals surface area contributed by atoms with Crippen LogP contribution >= 0.6 is 22.7 Å². The summed E-state index contributed by atoms with van der Waals surface area (Å²) in [6.45, 7) is 0. The molecule has 290 valence electrons. The number of hydrogen-bond donors (Lipinski definition) is 0. The zero-order chi connectivity index (χ0) is 41.0. The summed E-state index contributed by atoms with van der Waals surface area (Å²) < 4.78 is 5.14. The van der Waals surface area contributed by atoms with E-state index in [1.807, 2.05) is 41.0 Å². The van der Waals surface area contributed by atoms with Gasteiger partial charge in [0.25, 0.3) is 0 Å². The highest BCUT2D eigenvalue weighted by Gasteiger charge is 2.17. The Morgan fingerprint density at radius 3 is 1.32 bits per heavy atom. The van der Waals surface area contributed by atoms with E-state index in [1.54, 1.807) is 6.20 Å². The van der Waals surface area contributed by atoms with Gasteiger partial charge >= 0.3 is 0 Å². The van der Waals surface area contributed by atoms with E-state index in [4.69, 9.17) is 15.0 Å². The monoisotopic (exact) mass is 826 g/mol. The topological polar surface area (TPSA) is 51.6 Å². The molecule has 4 aromatic heterocycles. The quantitative estimate of drug-likeness (QED) is 0.161. The average Bonchev–Trinajstić information content (AvgIpc) is 3.92. The van der Waals surface area contributed by atoms with Crippen molar-refractivity contribution in [1.29, 1.82) is 0 Å². The lowest BCUT2D eigenvalue weighted by atomic mass is 9.94. The molecule has 0 N–H and O–H groups in total. The summed E-state index contributed by atoms with van der Waals surface area (Å²) in [7, 11) is 0. The molecule has 12 rings (SSSR count). The van der Waals surface area contributed by atoms with Gasteiger partial charge in [-0.15, -0.1) is 22.7 Å². The second-order valence-corrected chi connectivity index (χ2v) is 17.7. The largest absolute Gasteiger partial charge is 0.264 e. The third kappa shape index (κ3) is 6.63. The maximum atomic E-state index is 5.31. The maximum absolute atomic E-state index is 5.31. The van der Waals surface area contributed by atoms with Gasteiger partial charge in [0.15, 0.2) is 17.5 Å². The van der Waals surface area contributed by atoms with Crippen molar-refractivity contribution in [3.05, 3.63) is 207 Å². The number of rotatable bonds is 7. The molecular weight excluding hydrogens is 793 g/mol. The van der Waals surface area contributed by atoms with Crippen LogP contribution in [0.1, 0.15) is 0 Å². The third-order valence-corrected chi connectivity index (χ3v) is 13.9. The molecular formula is C56H34N4S2. The fourth-order valence-corrected chi connectivity index (χ4v) is 10.7. The lowest BCUT2D eigenvalue weighted by molar-refractivity contribution is 1.07. The van der Waals surface area contributed by atoms with Crippen LogP contribution < -0.4 is 0 Å². The predicted octanol–water partition coefficient (Wildman–Crippen LogP) is 15.7. The molecule has 0 bridgehead atoms. The summed E-state index contributed by atoms with van der Waals surface area (Å²) in [6, 6.07) is 69.2. The predicted molar refractivity (Wildman–Crippen MR) is 261 cm³/mol. The van der Waals surface area contributed by atoms with Crippen molar-refractivity contribution in [3.63, 3.8) is 0 Å². The molecule has 0 atom stereocenters. The molecule has 0 fully saturated rings. The van der Waals surface area contributed by atoms with E-state index in [1.165, 1.54) is 40.3 Å². The van der Waals surface area contributed by atoms with Crippen molar-refractivity contribution in [1.82, 2.24) is 19.9 Å². The third-order valence-electron chi connectivity index (χ3n) is 11.6. The molecule has 12 aromatic rings. The van der Waals surface area contributed by atoms with Gasteiger partial charge < -0.3 is 0 Å². The first-order valence-electron chi connectivity index (χ1n) is 20.6. The zero-order valence-electron chi connectivity index (χ0n) is 33.2. The fraction of sp³-hybridized carbons (Fsp3) is 0. The highest BCUT2D eigenvalue weighted by atomic mass is 32.1. The van der Waals surface area contributed by atoms with Crippen LogP contribution in [0.2, 0.25) is 0 Å². The molecule has 0 spiro atoms. The number of hydrogen-bond acceptors (Lipinski definition) is 6. The van der Waals surface area contributed by atoms with Gasteiger partial charge in [0.05, 0.1) is 0 Å². The minimum Gasteiger partial charge on any atom is -0.264 e. The van der Waals surface area contributed by atoms with Crippen molar-refractivity contribution in [3.8, 4) is 78.7 Å². The molecule has 0 aliphatic heterocycles. The number of fused-ring (bicyclic) bond motifs is 6. The molecule has 0 aliphatic carbocycles. The normalized spacial score (nSPS) is 11.5. The Bertz CT molecular complexity index is 3500. The van der Waals surface area contributed by atoms with E-state index in [0.29, 0.717) is 17.5 Å². The standard InChI is InChI=1S/C56H34N4S2/c1-2-10-35(11-3-1)38-12-8-13-41(28-38)55-58-54(37-21-19-36(20-22-37)42-14-9-27-57-34-42)59-56(60-55)45-30-43(39-23-25-52-48(32-39)46-15-4-6-17-50(46)61-52)29-44(31-45)40-24-26-53-49(33-40)47-16-5-7-18-51(47)62-53/h1-34H. The summed E-state index contributed by atoms with van der Waals surface area (Å²) in [5.41, 5.74) is 11.6. The summed E-state index contributed by atoms with van der Waals surface area (Å²) in [4.78, 5) is 20.1. The Morgan fingerprint density at radius 2 is 0.694 bits per heavy atom. The Morgan fingerprint density at radius 1 is 0.258 bits per heavy atom. The van der Waals surface area contributed by atoms with Gasteiger partial charge in [-0.05, 0) is 111 Å². The molecule has 0 saturated heterocycles. The number of pyridine rings is 1. The van der Waals surface area contributed by atoms with Crippen molar-refractivity contribution < 1.29 is 0 Å². The molecule has 62 heavy (non-hydrogen) atoms. The molecule has 6 heteroatoms. The van der Waals surface area contributed by atoms with Gasteiger partial charge in [0.1, 0.15) is 0 Å². The Balaban J connectivity index is 1.07. The lowest BCUT2D eigenvalue weighted by Gasteiger charge is -2.13. The summed E-state index contributed by atoms with van der Waals surface area (Å²) in [5.74, 6) is 1.83. The van der Waals surface area contributed by atoms with Crippen LogP contribution in [0.5, 0.6) is 0 Å². The van der Waals surface area contributed by atoms with Gasteiger partial charge in [0.2, 0.25) is 0 Å². The van der Waals surface area contributed by atoms with Crippen molar-refractivity contribution in [2.75, 3.05) is 0 Å². The van der Waals surface area contributed by atoms with Gasteiger partial charge in [-0.3, -0.25) is 4.98 Å². The van der Waals surface area contributed by atoms with Crippen LogP contribution in [0.4, 0.5) is 0 Å². The minimum absolute atomic E-state index is 0.608. The van der Waals surface area contributed by atoms with Crippen LogP contribution in [-0.4, -0.2) is 19.9 Å². The molecule has 0 amide bonds. The van der Waals surface area contributed by atoms with Gasteiger partial charge in [0, 0.05) is 69.4 Å². The van der Waals surface area contributed by atoms with Crippen LogP contribution in [0.15, 0.2) is 207 Å². The van der Waals surface area contributed by atoms with E-state index in [-0.39, 0.29) is 0 Å². The van der Waals surface area contributed by atoms with E-state index in [2.05, 4.69) is 187 Å². The van der Waals surface area contributed by atoms with E-state index < -0.39 is 0 Å². The van der Waals surface area contributed by atoms with E-state index >= 15 is 0 Å². The Hall–Kier alpha value is -7.64. The zero-order valence-corrected chi connectivity index (χ0v) is 34.9. The van der Waals surface area contributed by atoms with Gasteiger partial charge in [-0.25, -0.2) is 15.0 Å². The fourth-order valence-electron chi connectivity index (χ4n) is 8.48. The molecule has 4 nitrogen and oxygen atoms in total. The molecule has 0 saturated carbocycles. The first-order valence-corrected chi connectivity index (χ1v) is 22.2. The van der Waals surface area contributed by atoms with Crippen LogP contribution in [0.3, 0.4) is 0 Å². The van der Waals surface area contributed by atoms with Gasteiger partial charge in [-0.1, -0.05) is 127 Å². The smallest absolute Gasteiger partial charge is 0.164 e. The number of aromatic nitrogens is 4. The SMILES string of the molecule is c1ccc(-c2cccc(-c3nc(-c4ccc(-c5cccnc5)cc4)nc(-c4cc(-c5ccc6sc7ccccc7c6c5)cc(-c5ccc6sc7ccccc7c6c5)c4)n3)c2)cc1. The summed E-state index contributed by atoms with van der Waals surface area (Å²) >= 11 is 3.67. The van der Waals surface area contributed by atoms with Crippen LogP contribution in [-0.2, 0) is 0 Å². The Labute approximate surface area is 366 Å². The lowest BCUT2D eigenvalue weighted by Crippen LogP contribution is -2.01. The molecule has 4 heterocycles. The number of thiophene rings is 2. The Kier molecular flexibility index (Phi) is 8.84. The van der Waals surface area contributed by atoms with Crippen molar-refractivity contribution in [2.45, 2.75) is 0 Å². The first-order chi connectivity index (χ1) is 30.7. The molecule has 8 aromatic carbocycles. The summed E-state index contributed by atoms with van der Waals surface area (Å²) in [6.07, 6.45) is 3.68. The highest BCUT2D eigenvalue weighted by Crippen LogP contribution is 2.41. The second kappa shape index (κ2) is 15.1. The minimum atomic E-state index is 0.608. The molecule has 0 aliphatic rings. The van der Waals surface area contributed by atoms with E-state index in [9.17, 15) is 0 Å². The van der Waals surface area contributed by atoms with E-state index in [0.717, 1.165) is 61.2 Å². The molecule has 0 unspecified atom stereocenters. The highest BCUT2D eigenvalue weighted by molar-refractivity contribution is 7.26. The van der Waals surface area contributed by atoms with Crippen molar-refractivity contribution in [2.24, 2.45) is 0 Å². The number of nitrogens with zero attached hydrogens (tertiary/aromatic N) is 4. The maximum Gasteiger partial charge on any atom is 0.164 e. The molecule has 0 radical (unpaired) electrons. The van der Waals surface area contributed by atoms with Crippen LogP contribution in [0, 0.1) is 0 Å². The van der Waals surface area contributed by atoms with Gasteiger partial charge in [-0.2, -0.15) is 0 Å². The van der Waals surface area contributed by atoms with Crippen LogP contribution in [0.25, 0.3) is 119 Å². The second-order valence-electron chi connectivity index (χ2n) is 15.5. The summed E-state index contributed by atoms with van der Waals surface area (Å²) in [5, 5.41) is 5.08.